The van der Waals surface area contributed by atoms with E-state index in [0.717, 1.165) is 33.9 Å². The van der Waals surface area contributed by atoms with Gasteiger partial charge < -0.3 is 4.74 Å². The first-order valence-corrected chi connectivity index (χ1v) is 10.9. The third-order valence-electron chi connectivity index (χ3n) is 5.26. The van der Waals surface area contributed by atoms with Gasteiger partial charge in [-0.1, -0.05) is 60.7 Å². The van der Waals surface area contributed by atoms with Gasteiger partial charge in [0.25, 0.3) is 0 Å². The second-order valence-electron chi connectivity index (χ2n) is 7.59. The van der Waals surface area contributed by atoms with E-state index >= 15 is 0 Å². The molecule has 0 heterocycles. The third-order valence-corrected chi connectivity index (χ3v) is 5.26. The van der Waals surface area contributed by atoms with Crippen molar-refractivity contribution in [1.29, 1.82) is 0 Å². The predicted molar refractivity (Wildman–Crippen MR) is 133 cm³/mol. The number of benzene rings is 4. The molecule has 4 rings (SSSR count). The Bertz CT molecular complexity index is 1160. The van der Waals surface area contributed by atoms with Gasteiger partial charge in [-0.25, -0.2) is 0 Å². The Morgan fingerprint density at radius 3 is 1.29 bits per heavy atom. The van der Waals surface area contributed by atoms with Gasteiger partial charge >= 0.3 is 5.97 Å². The van der Waals surface area contributed by atoms with Crippen LogP contribution in [0.1, 0.15) is 23.5 Å². The minimum absolute atomic E-state index is 0.160. The van der Waals surface area contributed by atoms with Gasteiger partial charge in [0.1, 0.15) is 0 Å². The molecule has 34 heavy (non-hydrogen) atoms. The number of hydrogen-bond acceptors (Lipinski definition) is 6. The highest BCUT2D eigenvalue weighted by atomic mass is 16.5. The second-order valence-corrected chi connectivity index (χ2v) is 7.59. The van der Waals surface area contributed by atoms with E-state index < -0.39 is 0 Å². The molecule has 0 atom stereocenters. The molecule has 0 N–H and O–H groups in total. The first-order valence-electron chi connectivity index (χ1n) is 10.9. The highest BCUT2D eigenvalue weighted by Gasteiger charge is 2.19. The van der Waals surface area contributed by atoms with Crippen LogP contribution in [-0.2, 0) is 9.53 Å². The van der Waals surface area contributed by atoms with Crippen LogP contribution >= 0.6 is 0 Å². The molecule has 0 aromatic heterocycles. The molecule has 0 saturated carbocycles. The second kappa shape index (κ2) is 11.4. The first kappa shape index (κ1) is 22.7. The minimum atomic E-state index is -0.273. The van der Waals surface area contributed by atoms with Gasteiger partial charge in [0.15, 0.2) is 0 Å². The molecule has 168 valence electrons. The number of methoxy groups -OCH3 is 1. The summed E-state index contributed by atoms with van der Waals surface area (Å²) in [5.41, 5.74) is 5.03. The van der Waals surface area contributed by atoms with Crippen LogP contribution in [0.4, 0.5) is 22.7 Å². The van der Waals surface area contributed by atoms with Crippen LogP contribution in [-0.4, -0.2) is 13.1 Å². The van der Waals surface area contributed by atoms with Gasteiger partial charge in [0, 0.05) is 5.92 Å². The normalized spacial score (nSPS) is 12.1. The van der Waals surface area contributed by atoms with E-state index in [1.165, 1.54) is 7.11 Å². The third kappa shape index (κ3) is 6.29. The van der Waals surface area contributed by atoms with Gasteiger partial charge in [0.05, 0.1) is 36.3 Å². The summed E-state index contributed by atoms with van der Waals surface area (Å²) >= 11 is 0. The quantitative estimate of drug-likeness (QED) is 0.201. The molecule has 6 nitrogen and oxygen atoms in total. The van der Waals surface area contributed by atoms with E-state index in [2.05, 4.69) is 20.5 Å². The maximum atomic E-state index is 12.1. The lowest BCUT2D eigenvalue weighted by Crippen LogP contribution is -2.10. The van der Waals surface area contributed by atoms with Crippen LogP contribution in [0.5, 0.6) is 0 Å². The van der Waals surface area contributed by atoms with E-state index in [-0.39, 0.29) is 18.3 Å². The number of azo groups is 2. The van der Waals surface area contributed by atoms with Crippen LogP contribution in [0.25, 0.3) is 0 Å². The van der Waals surface area contributed by atoms with Crippen molar-refractivity contribution in [2.75, 3.05) is 7.11 Å². The van der Waals surface area contributed by atoms with Crippen molar-refractivity contribution in [2.24, 2.45) is 20.5 Å². The molecule has 0 bridgehead atoms. The molecule has 0 spiro atoms. The van der Waals surface area contributed by atoms with E-state index in [1.54, 1.807) is 0 Å². The molecule has 0 amide bonds. The van der Waals surface area contributed by atoms with Crippen molar-refractivity contribution in [3.05, 3.63) is 120 Å². The van der Waals surface area contributed by atoms with Crippen molar-refractivity contribution in [2.45, 2.75) is 12.3 Å². The first-order chi connectivity index (χ1) is 16.7. The molecule has 0 aliphatic carbocycles. The number of carbonyl (C=O) groups excluding carboxylic acids is 1. The standard InChI is InChI=1S/C28H24N4O2/c1-34-28(33)20-27(21-12-16-25(17-13-21)31-29-23-8-4-2-5-9-23)22-14-18-26(19-15-22)32-30-24-10-6-3-7-11-24/h2-19,27H,20H2,1H3. The van der Waals surface area contributed by atoms with Gasteiger partial charge in [-0.3, -0.25) is 4.79 Å². The highest BCUT2D eigenvalue weighted by molar-refractivity contribution is 5.71. The SMILES string of the molecule is COC(=O)CC(c1ccc(N=Nc2ccccc2)cc1)c1ccc(N=Nc2ccccc2)cc1. The van der Waals surface area contributed by atoms with Gasteiger partial charge in [-0.05, 0) is 59.7 Å². The topological polar surface area (TPSA) is 75.7 Å². The summed E-state index contributed by atoms with van der Waals surface area (Å²) in [6.45, 7) is 0. The molecule has 0 radical (unpaired) electrons. The maximum Gasteiger partial charge on any atom is 0.306 e. The Morgan fingerprint density at radius 2 is 0.941 bits per heavy atom. The zero-order chi connectivity index (χ0) is 23.6. The molecule has 0 unspecified atom stereocenters. The molecule has 4 aromatic carbocycles. The Morgan fingerprint density at radius 1 is 0.588 bits per heavy atom. The maximum absolute atomic E-state index is 12.1. The average molecular weight is 449 g/mol. The molecule has 0 fully saturated rings. The van der Waals surface area contributed by atoms with Crippen LogP contribution in [0.2, 0.25) is 0 Å². The van der Waals surface area contributed by atoms with Crippen molar-refractivity contribution >= 4 is 28.7 Å². The number of ether oxygens (including phenoxy) is 1. The summed E-state index contributed by atoms with van der Waals surface area (Å²) in [4.78, 5) is 12.1. The van der Waals surface area contributed by atoms with Crippen molar-refractivity contribution < 1.29 is 9.53 Å². The minimum Gasteiger partial charge on any atom is -0.469 e. The smallest absolute Gasteiger partial charge is 0.306 e. The zero-order valence-electron chi connectivity index (χ0n) is 18.8. The summed E-state index contributed by atoms with van der Waals surface area (Å²) in [7, 11) is 1.40. The highest BCUT2D eigenvalue weighted by Crippen LogP contribution is 2.31. The lowest BCUT2D eigenvalue weighted by atomic mass is 9.88. The molecule has 0 saturated heterocycles. The zero-order valence-corrected chi connectivity index (χ0v) is 18.8. The number of rotatable bonds is 8. The number of carbonyl (C=O) groups is 1. The molecule has 4 aromatic rings. The Kier molecular flexibility index (Phi) is 7.64. The molecule has 6 heteroatoms. The van der Waals surface area contributed by atoms with Crippen molar-refractivity contribution in [3.63, 3.8) is 0 Å². The monoisotopic (exact) mass is 448 g/mol. The predicted octanol–water partition coefficient (Wildman–Crippen LogP) is 8.21. The largest absolute Gasteiger partial charge is 0.469 e. The fraction of sp³-hybridized carbons (Fsp3) is 0.107. The van der Waals surface area contributed by atoms with Gasteiger partial charge in [0.2, 0.25) is 0 Å². The van der Waals surface area contributed by atoms with Gasteiger partial charge in [-0.15, -0.1) is 0 Å². The summed E-state index contributed by atoms with van der Waals surface area (Å²) in [6.07, 6.45) is 0.228. The van der Waals surface area contributed by atoms with Crippen LogP contribution in [0.3, 0.4) is 0 Å². The number of hydrogen-bond donors (Lipinski definition) is 0. The van der Waals surface area contributed by atoms with Crippen molar-refractivity contribution in [3.8, 4) is 0 Å². The summed E-state index contributed by atoms with van der Waals surface area (Å²) in [5, 5.41) is 17.1. The summed E-state index contributed by atoms with van der Waals surface area (Å²) < 4.78 is 4.94. The average Bonchev–Trinajstić information content (AvgIpc) is 2.91. The number of nitrogens with zero attached hydrogens (tertiary/aromatic N) is 4. The lowest BCUT2D eigenvalue weighted by Gasteiger charge is -2.17. The molecular formula is C28H24N4O2. The fourth-order valence-electron chi connectivity index (χ4n) is 3.45. The van der Waals surface area contributed by atoms with Crippen LogP contribution < -0.4 is 0 Å². The lowest BCUT2D eigenvalue weighted by molar-refractivity contribution is -0.140. The van der Waals surface area contributed by atoms with E-state index in [9.17, 15) is 4.79 Å². The molecule has 0 aliphatic heterocycles. The van der Waals surface area contributed by atoms with Crippen LogP contribution in [0.15, 0.2) is 130 Å². The van der Waals surface area contributed by atoms with E-state index in [0.29, 0.717) is 0 Å². The fourth-order valence-corrected chi connectivity index (χ4v) is 3.45. The number of esters is 1. The van der Waals surface area contributed by atoms with E-state index in [4.69, 9.17) is 4.74 Å². The van der Waals surface area contributed by atoms with E-state index in [1.807, 2.05) is 109 Å². The summed E-state index contributed by atoms with van der Waals surface area (Å²) in [6, 6.07) is 34.6. The van der Waals surface area contributed by atoms with Crippen molar-refractivity contribution in [1.82, 2.24) is 0 Å². The van der Waals surface area contributed by atoms with Crippen LogP contribution in [0, 0.1) is 0 Å². The molecule has 0 aliphatic rings. The van der Waals surface area contributed by atoms with Gasteiger partial charge in [-0.2, -0.15) is 20.5 Å². The Balaban J connectivity index is 1.52. The molecular weight excluding hydrogens is 424 g/mol. The Hall–Kier alpha value is -4.45. The summed E-state index contributed by atoms with van der Waals surface area (Å²) in [5.74, 6) is -0.432. The Labute approximate surface area is 198 Å².